The van der Waals surface area contributed by atoms with Crippen molar-refractivity contribution in [3.63, 3.8) is 0 Å². The van der Waals surface area contributed by atoms with Gasteiger partial charge in [-0.25, -0.2) is 19.0 Å². The summed E-state index contributed by atoms with van der Waals surface area (Å²) in [5.41, 5.74) is 1.87. The molecule has 0 bridgehead atoms. The van der Waals surface area contributed by atoms with Gasteiger partial charge < -0.3 is 10.2 Å². The molecule has 0 aliphatic carbocycles. The summed E-state index contributed by atoms with van der Waals surface area (Å²) in [6.07, 6.45) is 0. The third-order valence-corrected chi connectivity index (χ3v) is 2.16. The van der Waals surface area contributed by atoms with Gasteiger partial charge in [-0.15, -0.1) is 0 Å². The van der Waals surface area contributed by atoms with Crippen molar-refractivity contribution in [2.45, 2.75) is 0 Å². The van der Waals surface area contributed by atoms with Crippen molar-refractivity contribution in [2.75, 3.05) is 5.43 Å². The van der Waals surface area contributed by atoms with Gasteiger partial charge >= 0.3 is 0 Å². The molecule has 19 heavy (non-hydrogen) atoms. The van der Waals surface area contributed by atoms with E-state index in [1.807, 2.05) is 5.43 Å². The minimum absolute atomic E-state index is 0.453. The Balaban J connectivity index is 2.41. The molecule has 1 aromatic carbocycles. The summed E-state index contributed by atoms with van der Waals surface area (Å²) in [6, 6.07) is 3.55. The van der Waals surface area contributed by atoms with Crippen LogP contribution in [0, 0.1) is 23.3 Å². The number of ether oxygens (including phenoxy) is 1. The van der Waals surface area contributed by atoms with Gasteiger partial charge in [-0.1, -0.05) is 6.07 Å². The van der Waals surface area contributed by atoms with Crippen LogP contribution in [0.3, 0.4) is 0 Å². The van der Waals surface area contributed by atoms with Gasteiger partial charge in [0.05, 0.1) is 0 Å². The van der Waals surface area contributed by atoms with E-state index in [9.17, 15) is 17.6 Å². The molecule has 0 aliphatic heterocycles. The largest absolute Gasteiger partial charge is 0.433 e. The van der Waals surface area contributed by atoms with Crippen LogP contribution in [0.15, 0.2) is 24.3 Å². The number of hydrogen-bond donors (Lipinski definition) is 2. The Morgan fingerprint density at radius 3 is 2.47 bits per heavy atom. The molecule has 0 fully saturated rings. The summed E-state index contributed by atoms with van der Waals surface area (Å²) < 4.78 is 57.5. The maximum atomic E-state index is 13.4. The Morgan fingerprint density at radius 2 is 1.79 bits per heavy atom. The Morgan fingerprint density at radius 1 is 1.05 bits per heavy atom. The first-order valence-corrected chi connectivity index (χ1v) is 4.97. The van der Waals surface area contributed by atoms with Crippen molar-refractivity contribution >= 4 is 5.82 Å². The summed E-state index contributed by atoms with van der Waals surface area (Å²) in [7, 11) is 0. The number of hydrogen-bond acceptors (Lipinski definition) is 4. The molecule has 0 saturated heterocycles. The monoisotopic (exact) mass is 273 g/mol. The van der Waals surface area contributed by atoms with Crippen LogP contribution in [0.1, 0.15) is 0 Å². The quantitative estimate of drug-likeness (QED) is 0.513. The van der Waals surface area contributed by atoms with Crippen LogP contribution in [0.5, 0.6) is 11.6 Å². The number of nitrogens with zero attached hydrogens (tertiary/aromatic N) is 1. The van der Waals surface area contributed by atoms with Gasteiger partial charge in [-0.3, -0.25) is 0 Å². The maximum Gasteiger partial charge on any atom is 0.258 e. The molecule has 0 spiro atoms. The molecule has 0 radical (unpaired) electrons. The fraction of sp³-hybridized carbons (Fsp3) is 0. The Bertz CT molecular complexity index is 621. The van der Waals surface area contributed by atoms with E-state index in [-0.39, 0.29) is 0 Å². The summed E-state index contributed by atoms with van der Waals surface area (Å²) in [5, 5.41) is 0. The highest BCUT2D eigenvalue weighted by atomic mass is 19.2. The van der Waals surface area contributed by atoms with Gasteiger partial charge in [0.15, 0.2) is 29.0 Å². The van der Waals surface area contributed by atoms with E-state index in [4.69, 9.17) is 10.6 Å². The van der Waals surface area contributed by atoms with Gasteiger partial charge in [0.1, 0.15) is 0 Å². The lowest BCUT2D eigenvalue weighted by molar-refractivity contribution is 0.381. The number of nitrogen functional groups attached to an aromatic ring is 1. The molecule has 1 aromatic heterocycles. The third-order valence-electron chi connectivity index (χ3n) is 2.16. The van der Waals surface area contributed by atoms with Crippen LogP contribution in [0.2, 0.25) is 0 Å². The highest BCUT2D eigenvalue weighted by Crippen LogP contribution is 2.28. The van der Waals surface area contributed by atoms with Crippen molar-refractivity contribution in [2.24, 2.45) is 5.84 Å². The molecule has 3 N–H and O–H groups in total. The van der Waals surface area contributed by atoms with Crippen molar-refractivity contribution < 1.29 is 22.3 Å². The lowest BCUT2D eigenvalue weighted by atomic mass is 10.3. The first-order valence-electron chi connectivity index (χ1n) is 4.97. The number of hydrazine groups is 1. The van der Waals surface area contributed by atoms with Crippen molar-refractivity contribution in [1.29, 1.82) is 0 Å². The maximum absolute atomic E-state index is 13.4. The molecule has 0 atom stereocenters. The number of benzene rings is 1. The molecule has 4 nitrogen and oxygen atoms in total. The molecule has 0 unspecified atom stereocenters. The number of nitrogens with one attached hydrogen (secondary N) is 1. The number of pyridine rings is 1. The molecular weight excluding hydrogens is 266 g/mol. The summed E-state index contributed by atoms with van der Waals surface area (Å²) in [4.78, 5) is 3.36. The van der Waals surface area contributed by atoms with Gasteiger partial charge in [-0.2, -0.15) is 9.37 Å². The number of anilines is 1. The van der Waals surface area contributed by atoms with E-state index in [1.165, 1.54) is 0 Å². The van der Waals surface area contributed by atoms with Crippen LogP contribution >= 0.6 is 0 Å². The van der Waals surface area contributed by atoms with Crippen LogP contribution in [0.25, 0.3) is 0 Å². The average molecular weight is 273 g/mol. The number of nitrogens with two attached hydrogens (primary N) is 1. The Labute approximate surface area is 104 Å². The first kappa shape index (κ1) is 13.1. The molecule has 1 heterocycles. The SMILES string of the molecule is NNc1nc(Oc2cccc(F)c2F)c(F)cc1F. The van der Waals surface area contributed by atoms with Crippen LogP contribution in [-0.4, -0.2) is 4.98 Å². The number of rotatable bonds is 3. The van der Waals surface area contributed by atoms with Crippen LogP contribution < -0.4 is 16.0 Å². The molecule has 100 valence electrons. The minimum atomic E-state index is -1.31. The first-order chi connectivity index (χ1) is 9.02. The molecular formula is C11H7F4N3O. The highest BCUT2D eigenvalue weighted by molar-refractivity contribution is 5.40. The fourth-order valence-corrected chi connectivity index (χ4v) is 1.29. The second kappa shape index (κ2) is 5.11. The third kappa shape index (κ3) is 2.58. The smallest absolute Gasteiger partial charge is 0.258 e. The van der Waals surface area contributed by atoms with E-state index >= 15 is 0 Å². The van der Waals surface area contributed by atoms with Crippen LogP contribution in [0.4, 0.5) is 23.4 Å². The van der Waals surface area contributed by atoms with Gasteiger partial charge in [-0.05, 0) is 12.1 Å². The van der Waals surface area contributed by atoms with Crippen molar-refractivity contribution in [3.8, 4) is 11.6 Å². The molecule has 2 aromatic rings. The van der Waals surface area contributed by atoms with Gasteiger partial charge in [0, 0.05) is 6.07 Å². The zero-order chi connectivity index (χ0) is 14.0. The molecule has 8 heteroatoms. The second-order valence-corrected chi connectivity index (χ2v) is 3.40. The lowest BCUT2D eigenvalue weighted by Gasteiger charge is -2.09. The van der Waals surface area contributed by atoms with E-state index < -0.39 is 40.7 Å². The minimum Gasteiger partial charge on any atom is -0.433 e. The van der Waals surface area contributed by atoms with E-state index in [2.05, 4.69) is 4.98 Å². The van der Waals surface area contributed by atoms with Crippen molar-refractivity contribution in [3.05, 3.63) is 47.5 Å². The molecule has 0 saturated carbocycles. The molecule has 2 rings (SSSR count). The normalized spacial score (nSPS) is 10.4. The summed E-state index contributed by atoms with van der Waals surface area (Å²) in [6.45, 7) is 0. The Kier molecular flexibility index (Phi) is 3.52. The fourth-order valence-electron chi connectivity index (χ4n) is 1.29. The number of aromatic nitrogens is 1. The lowest BCUT2D eigenvalue weighted by Crippen LogP contribution is -2.11. The topological polar surface area (TPSA) is 60.2 Å². The van der Waals surface area contributed by atoms with Gasteiger partial charge in [0.25, 0.3) is 5.88 Å². The van der Waals surface area contributed by atoms with Gasteiger partial charge in [0.2, 0.25) is 5.82 Å². The zero-order valence-corrected chi connectivity index (χ0v) is 9.25. The average Bonchev–Trinajstić information content (AvgIpc) is 2.38. The summed E-state index contributed by atoms with van der Waals surface area (Å²) in [5.74, 6) is -1.57. The standard InChI is InChI=1S/C11H7F4N3O/c12-5-2-1-3-8(9(5)15)19-11-7(14)4-6(13)10(17-11)18-16/h1-4H,16H2,(H,17,18). The van der Waals surface area contributed by atoms with Crippen LogP contribution in [-0.2, 0) is 0 Å². The van der Waals surface area contributed by atoms with E-state index in [0.29, 0.717) is 6.07 Å². The molecule has 0 amide bonds. The molecule has 0 aliphatic rings. The summed E-state index contributed by atoms with van der Waals surface area (Å²) >= 11 is 0. The highest BCUT2D eigenvalue weighted by Gasteiger charge is 2.16. The zero-order valence-electron chi connectivity index (χ0n) is 9.25. The second-order valence-electron chi connectivity index (χ2n) is 3.40. The Hall–Kier alpha value is -2.35. The number of halogens is 4. The predicted molar refractivity (Wildman–Crippen MR) is 58.4 cm³/mol. The van der Waals surface area contributed by atoms with E-state index in [1.54, 1.807) is 0 Å². The van der Waals surface area contributed by atoms with Crippen molar-refractivity contribution in [1.82, 2.24) is 4.98 Å². The van der Waals surface area contributed by atoms with E-state index in [0.717, 1.165) is 18.2 Å². The predicted octanol–water partition coefficient (Wildman–Crippen LogP) is 2.72.